The first-order chi connectivity index (χ1) is 17.7. The van der Waals surface area contributed by atoms with Crippen LogP contribution in [0, 0.1) is 12.8 Å². The maximum Gasteiger partial charge on any atom is 0.282 e. The predicted octanol–water partition coefficient (Wildman–Crippen LogP) is 5.71. The molecule has 3 aromatic heterocycles. The number of thiophene rings is 1. The van der Waals surface area contributed by atoms with Crippen molar-refractivity contribution in [2.45, 2.75) is 58.0 Å². The lowest BCUT2D eigenvalue weighted by atomic mass is 9.97. The van der Waals surface area contributed by atoms with Crippen molar-refractivity contribution in [3.05, 3.63) is 56.8 Å². The van der Waals surface area contributed by atoms with Gasteiger partial charge in [-0.15, -0.1) is 11.3 Å². The summed E-state index contributed by atoms with van der Waals surface area (Å²) in [6.45, 7) is 2.35. The first-order valence-corrected chi connectivity index (χ1v) is 13.3. The molecule has 0 aromatic carbocycles. The second-order valence-electron chi connectivity index (χ2n) is 9.18. The van der Waals surface area contributed by atoms with Crippen LogP contribution in [0.1, 0.15) is 64.5 Å². The summed E-state index contributed by atoms with van der Waals surface area (Å²) in [5.74, 6) is -0.620. The van der Waals surface area contributed by atoms with Gasteiger partial charge in [-0.2, -0.15) is 5.10 Å². The summed E-state index contributed by atoms with van der Waals surface area (Å²) in [4.78, 5) is 31.8. The second kappa shape index (κ2) is 12.0. The van der Waals surface area contributed by atoms with Gasteiger partial charge in [0.15, 0.2) is 0 Å². The van der Waals surface area contributed by atoms with Gasteiger partial charge < -0.3 is 16.0 Å². The minimum absolute atomic E-state index is 0.0524. The van der Waals surface area contributed by atoms with Crippen molar-refractivity contribution >= 4 is 46.1 Å². The molecule has 3 N–H and O–H groups in total. The quantitative estimate of drug-likeness (QED) is 0.300. The van der Waals surface area contributed by atoms with Gasteiger partial charge in [-0.1, -0.05) is 37.3 Å². The Morgan fingerprint density at radius 1 is 1.22 bits per heavy atom. The lowest BCUT2D eigenvalue weighted by molar-refractivity contribution is -0.118. The van der Waals surface area contributed by atoms with Crippen molar-refractivity contribution in [3.8, 4) is 0 Å². The molecular formula is C25H29ClF2N6O2S. The topological polar surface area (TPSA) is 101 Å². The van der Waals surface area contributed by atoms with E-state index in [0.29, 0.717) is 22.9 Å². The summed E-state index contributed by atoms with van der Waals surface area (Å²) in [5, 5.41) is 13.0. The second-order valence-corrected chi connectivity index (χ2v) is 10.8. The van der Waals surface area contributed by atoms with Crippen LogP contribution < -0.4 is 16.0 Å². The number of anilines is 2. The fraction of sp³-hybridized carbons (Fsp3) is 0.440. The summed E-state index contributed by atoms with van der Waals surface area (Å²) in [7, 11) is 1.39. The monoisotopic (exact) mass is 550 g/mol. The largest absolute Gasteiger partial charge is 0.379 e. The lowest BCUT2D eigenvalue weighted by Crippen LogP contribution is -2.44. The van der Waals surface area contributed by atoms with E-state index in [2.05, 4.69) is 26.0 Å². The smallest absolute Gasteiger partial charge is 0.282 e. The van der Waals surface area contributed by atoms with Gasteiger partial charge in [0.2, 0.25) is 5.91 Å². The van der Waals surface area contributed by atoms with Gasteiger partial charge in [-0.25, -0.2) is 8.78 Å². The maximum absolute atomic E-state index is 13.5. The van der Waals surface area contributed by atoms with Crippen LogP contribution in [-0.2, 0) is 18.4 Å². The number of alkyl halides is 2. The Labute approximate surface area is 222 Å². The van der Waals surface area contributed by atoms with E-state index in [0.717, 1.165) is 46.6 Å². The average molecular weight is 551 g/mol. The number of nitrogens with zero attached hydrogens (tertiary/aromatic N) is 3. The third kappa shape index (κ3) is 6.84. The molecule has 1 aliphatic carbocycles. The molecule has 2 amide bonds. The van der Waals surface area contributed by atoms with Crippen molar-refractivity contribution in [2.75, 3.05) is 10.6 Å². The molecule has 12 heteroatoms. The first kappa shape index (κ1) is 27.0. The minimum atomic E-state index is -2.80. The number of carbonyl (C=O) groups excluding carboxylic acids is 2. The first-order valence-electron chi connectivity index (χ1n) is 12.1. The molecule has 4 rings (SSSR count). The standard InChI is InChI=1S/C25H29ClF2N6O2S/c1-14-18(10-16(26)11-29-14)30-12-17-7-8-21(37-17)25(36)32-19(9-15-5-3-4-6-15)24(35)33-20-13-31-34(2)22(20)23(27)28/h7-8,10-11,13,15,19,23,30H,3-6,9,12H2,1-2H3,(H,32,36)(H,33,35). The number of amides is 2. The van der Waals surface area contributed by atoms with E-state index in [-0.39, 0.29) is 23.2 Å². The molecule has 8 nitrogen and oxygen atoms in total. The number of aromatic nitrogens is 3. The van der Waals surface area contributed by atoms with E-state index in [1.807, 2.05) is 13.0 Å². The van der Waals surface area contributed by atoms with Crippen LogP contribution in [0.25, 0.3) is 0 Å². The summed E-state index contributed by atoms with van der Waals surface area (Å²) in [5.41, 5.74) is 1.19. The number of nitrogens with one attached hydrogen (secondary N) is 3. The van der Waals surface area contributed by atoms with Gasteiger partial charge in [0.1, 0.15) is 11.7 Å². The lowest BCUT2D eigenvalue weighted by Gasteiger charge is -2.21. The molecular weight excluding hydrogens is 522 g/mol. The molecule has 0 spiro atoms. The van der Waals surface area contributed by atoms with E-state index in [4.69, 9.17) is 11.6 Å². The van der Waals surface area contributed by atoms with Crippen LogP contribution in [0.5, 0.6) is 0 Å². The minimum Gasteiger partial charge on any atom is -0.379 e. The third-order valence-corrected chi connectivity index (χ3v) is 7.80. The summed E-state index contributed by atoms with van der Waals surface area (Å²) in [6, 6.07) is 4.49. The number of hydrogen-bond donors (Lipinski definition) is 3. The Hall–Kier alpha value is -3.05. The number of carbonyl (C=O) groups is 2. The highest BCUT2D eigenvalue weighted by Crippen LogP contribution is 2.30. The zero-order chi connectivity index (χ0) is 26.5. The van der Waals surface area contributed by atoms with Crippen molar-refractivity contribution in [1.29, 1.82) is 0 Å². The number of pyridine rings is 1. The Balaban J connectivity index is 1.43. The zero-order valence-corrected chi connectivity index (χ0v) is 22.1. The summed E-state index contributed by atoms with van der Waals surface area (Å²) < 4.78 is 27.9. The Bertz CT molecular complexity index is 1260. The predicted molar refractivity (Wildman–Crippen MR) is 140 cm³/mol. The van der Waals surface area contributed by atoms with Gasteiger partial charge in [-0.05, 0) is 37.5 Å². The van der Waals surface area contributed by atoms with Gasteiger partial charge in [0, 0.05) is 24.7 Å². The molecule has 3 aromatic rings. The normalized spacial score (nSPS) is 14.6. The van der Waals surface area contributed by atoms with Crippen LogP contribution >= 0.6 is 22.9 Å². The fourth-order valence-electron chi connectivity index (χ4n) is 4.53. The van der Waals surface area contributed by atoms with Gasteiger partial charge in [0.05, 0.1) is 33.2 Å². The number of hydrogen-bond acceptors (Lipinski definition) is 6. The molecule has 1 unspecified atom stereocenters. The van der Waals surface area contributed by atoms with Crippen LogP contribution in [-0.4, -0.2) is 32.6 Å². The molecule has 198 valence electrons. The van der Waals surface area contributed by atoms with Crippen LogP contribution in [0.3, 0.4) is 0 Å². The van der Waals surface area contributed by atoms with Gasteiger partial charge >= 0.3 is 0 Å². The molecule has 0 saturated heterocycles. The highest BCUT2D eigenvalue weighted by Gasteiger charge is 2.29. The van der Waals surface area contributed by atoms with E-state index in [1.54, 1.807) is 18.3 Å². The maximum atomic E-state index is 13.5. The van der Waals surface area contributed by atoms with E-state index in [1.165, 1.54) is 24.6 Å². The van der Waals surface area contributed by atoms with E-state index >= 15 is 0 Å². The Morgan fingerprint density at radius 3 is 2.70 bits per heavy atom. The Kier molecular flexibility index (Phi) is 8.75. The molecule has 1 fully saturated rings. The Morgan fingerprint density at radius 2 is 1.97 bits per heavy atom. The van der Waals surface area contributed by atoms with Crippen molar-refractivity contribution < 1.29 is 18.4 Å². The molecule has 3 heterocycles. The molecule has 0 bridgehead atoms. The number of halogens is 3. The molecule has 1 atom stereocenters. The van der Waals surface area contributed by atoms with Crippen LogP contribution in [0.15, 0.2) is 30.6 Å². The average Bonchev–Trinajstić information content (AvgIpc) is 3.61. The van der Waals surface area contributed by atoms with Crippen molar-refractivity contribution in [1.82, 2.24) is 20.1 Å². The molecule has 1 saturated carbocycles. The third-order valence-electron chi connectivity index (χ3n) is 6.51. The highest BCUT2D eigenvalue weighted by atomic mass is 35.5. The highest BCUT2D eigenvalue weighted by molar-refractivity contribution is 7.14. The molecule has 0 aliphatic heterocycles. The van der Waals surface area contributed by atoms with Crippen molar-refractivity contribution in [3.63, 3.8) is 0 Å². The summed E-state index contributed by atoms with van der Waals surface area (Å²) in [6.07, 6.45) is 4.53. The van der Waals surface area contributed by atoms with Crippen molar-refractivity contribution in [2.24, 2.45) is 13.0 Å². The van der Waals surface area contributed by atoms with Gasteiger partial charge in [0.25, 0.3) is 12.3 Å². The van der Waals surface area contributed by atoms with Gasteiger partial charge in [-0.3, -0.25) is 19.3 Å². The van der Waals surface area contributed by atoms with E-state index < -0.39 is 18.4 Å². The molecule has 1 aliphatic rings. The van der Waals surface area contributed by atoms with E-state index in [9.17, 15) is 18.4 Å². The summed E-state index contributed by atoms with van der Waals surface area (Å²) >= 11 is 7.34. The van der Waals surface area contributed by atoms with Crippen LogP contribution in [0.4, 0.5) is 20.2 Å². The fourth-order valence-corrected chi connectivity index (χ4v) is 5.53. The zero-order valence-electron chi connectivity index (χ0n) is 20.6. The number of aryl methyl sites for hydroxylation is 2. The number of rotatable bonds is 10. The molecule has 37 heavy (non-hydrogen) atoms. The van der Waals surface area contributed by atoms with Crippen LogP contribution in [0.2, 0.25) is 5.02 Å². The molecule has 0 radical (unpaired) electrons. The SMILES string of the molecule is Cc1ncc(Cl)cc1NCc1ccc(C(=O)NC(CC2CCCC2)C(=O)Nc2cnn(C)c2C(F)F)s1.